The highest BCUT2D eigenvalue weighted by atomic mass is 14.8. The third-order valence-electron chi connectivity index (χ3n) is 14.8. The van der Waals surface area contributed by atoms with Gasteiger partial charge in [0.2, 0.25) is 0 Å². The fraction of sp³-hybridized carbons (Fsp3) is 0.0602. The SMILES string of the molecule is Cc1cc(-c2ccccc2)nc(-c2ccccc2)c1.Cc1cc(-c2ccccc2)nc(-c2ccncc2)c1.Cc1cc(-c2cccnc2)nc(-c2cccnc2)c1.Cc1cc(-c2ccncc2)nc(-c2cccnc2)c1.Cc1cc(-c2ccncc2)nc(-c2ccncc2)c1. The Balaban J connectivity index is 0.000000121. The highest BCUT2D eigenvalue weighted by Gasteiger charge is 2.11. The fourth-order valence-electron chi connectivity index (χ4n) is 10.3. The molecule has 15 aromatic rings. The van der Waals surface area contributed by atoms with Gasteiger partial charge in [0.15, 0.2) is 0 Å². The molecule has 3 aromatic carbocycles. The summed E-state index contributed by atoms with van der Waals surface area (Å²) in [4.78, 5) is 52.2. The summed E-state index contributed by atoms with van der Waals surface area (Å²) in [5.74, 6) is 0. The van der Waals surface area contributed by atoms with E-state index < -0.39 is 0 Å². The summed E-state index contributed by atoms with van der Waals surface area (Å²) in [6.45, 7) is 10.4. The Kier molecular flexibility index (Phi) is 21.9. The van der Waals surface area contributed by atoms with E-state index in [2.05, 4.69) is 167 Å². The van der Waals surface area contributed by atoms with Gasteiger partial charge in [-0.15, -0.1) is 0 Å². The van der Waals surface area contributed by atoms with Gasteiger partial charge in [-0.1, -0.05) is 91.0 Å². The number of hydrogen-bond donors (Lipinski definition) is 0. The molecule has 12 aromatic heterocycles. The molecule has 0 radical (unpaired) electrons. The predicted octanol–water partition coefficient (Wildman–Crippen LogP) is 19.4. The maximum absolute atomic E-state index is 4.77. The maximum Gasteiger partial charge on any atom is 0.0727 e. The third-order valence-corrected chi connectivity index (χ3v) is 14.8. The molecule has 0 fully saturated rings. The summed E-state index contributed by atoms with van der Waals surface area (Å²) in [7, 11) is 0. The van der Waals surface area contributed by atoms with Gasteiger partial charge in [-0.05, 0) is 208 Å². The lowest BCUT2D eigenvalue weighted by Crippen LogP contribution is -1.91. The molecular weight excluding hydrogens is 1160 g/mol. The Labute approximate surface area is 555 Å². The number of nitrogens with zero attached hydrogens (tertiary/aromatic N) is 12. The van der Waals surface area contributed by atoms with Crippen molar-refractivity contribution < 1.29 is 0 Å². The van der Waals surface area contributed by atoms with E-state index in [1.165, 1.54) is 27.8 Å². The first-order chi connectivity index (χ1) is 46.6. The molecule has 15 rings (SSSR count). The molecule has 0 atom stereocenters. The first kappa shape index (κ1) is 64.0. The summed E-state index contributed by atoms with van der Waals surface area (Å²) < 4.78 is 0. The van der Waals surface area contributed by atoms with Crippen LogP contribution in [0.4, 0.5) is 0 Å². The van der Waals surface area contributed by atoms with E-state index in [0.717, 1.165) is 113 Å². The standard InChI is InChI=1S/C18H15N.C17H14N2.3C16H13N3/c1-14-12-17(15-8-4-2-5-9-15)19-18(13-14)16-10-6-3-7-11-16;1-13-11-16(14-5-3-2-4-6-14)19-17(12-13)15-7-9-18-10-8-15;1-12-10-15(13-2-6-17-7-3-13)19-16(11-12)14-4-8-18-9-5-14;1-12-8-15(13-4-2-6-17-10-13)19-16(9-12)14-5-3-7-18-11-14;1-12-9-15(13-4-7-17-8-5-13)19-16(10-12)14-3-2-6-18-11-14/h2-13H,1H3;2-12H,1H3;3*2-11H,1H3. The van der Waals surface area contributed by atoms with E-state index in [0.29, 0.717) is 0 Å². The third kappa shape index (κ3) is 18.3. The second-order valence-corrected chi connectivity index (χ2v) is 22.3. The number of aromatic nitrogens is 12. The minimum absolute atomic E-state index is 0.937. The normalized spacial score (nSPS) is 10.4. The monoisotopic (exact) mass is 1230 g/mol. The number of rotatable bonds is 10. The van der Waals surface area contributed by atoms with Crippen molar-refractivity contribution in [2.75, 3.05) is 0 Å². The van der Waals surface area contributed by atoms with Crippen LogP contribution in [0.5, 0.6) is 0 Å². The van der Waals surface area contributed by atoms with Crippen molar-refractivity contribution in [3.8, 4) is 113 Å². The van der Waals surface area contributed by atoms with Crippen LogP contribution in [0.1, 0.15) is 27.8 Å². The Morgan fingerprint density at radius 1 is 0.158 bits per heavy atom. The highest BCUT2D eigenvalue weighted by Crippen LogP contribution is 2.29. The molecule has 0 amide bonds. The predicted molar refractivity (Wildman–Crippen MR) is 384 cm³/mol. The second kappa shape index (κ2) is 32.5. The minimum atomic E-state index is 0.937. The summed E-state index contributed by atoms with van der Waals surface area (Å²) in [5.41, 5.74) is 26.6. The Morgan fingerprint density at radius 2 is 0.326 bits per heavy atom. The van der Waals surface area contributed by atoms with Crippen LogP contribution >= 0.6 is 0 Å². The fourth-order valence-corrected chi connectivity index (χ4v) is 10.3. The van der Waals surface area contributed by atoms with Crippen LogP contribution in [-0.2, 0) is 0 Å². The Morgan fingerprint density at radius 3 is 0.505 bits per heavy atom. The van der Waals surface area contributed by atoms with Crippen molar-refractivity contribution in [2.45, 2.75) is 34.6 Å². The van der Waals surface area contributed by atoms with Gasteiger partial charge in [-0.25, -0.2) is 24.9 Å². The van der Waals surface area contributed by atoms with E-state index in [1.807, 2.05) is 158 Å². The highest BCUT2D eigenvalue weighted by molar-refractivity contribution is 5.72. The van der Waals surface area contributed by atoms with Gasteiger partial charge >= 0.3 is 0 Å². The zero-order valence-electron chi connectivity index (χ0n) is 53.5. The van der Waals surface area contributed by atoms with Gasteiger partial charge in [0.25, 0.3) is 0 Å². The molecule has 12 nitrogen and oxygen atoms in total. The summed E-state index contributed by atoms with van der Waals surface area (Å²) in [6.07, 6.45) is 25.1. The lowest BCUT2D eigenvalue weighted by atomic mass is 10.1. The molecule has 0 saturated heterocycles. The molecule has 0 N–H and O–H groups in total. The average Bonchev–Trinajstić information content (AvgIpc) is 1.37. The smallest absolute Gasteiger partial charge is 0.0727 e. The van der Waals surface area contributed by atoms with Gasteiger partial charge in [-0.2, -0.15) is 0 Å². The summed E-state index contributed by atoms with van der Waals surface area (Å²) >= 11 is 0. The number of pyridine rings is 12. The summed E-state index contributed by atoms with van der Waals surface area (Å²) in [6, 6.07) is 79.4. The molecule has 460 valence electrons. The zero-order chi connectivity index (χ0) is 65.4. The van der Waals surface area contributed by atoms with Gasteiger partial charge in [0.05, 0.1) is 56.9 Å². The average molecular weight is 1230 g/mol. The van der Waals surface area contributed by atoms with Crippen LogP contribution in [0.2, 0.25) is 0 Å². The Bertz CT molecular complexity index is 3820. The molecule has 95 heavy (non-hydrogen) atoms. The van der Waals surface area contributed by atoms with E-state index in [4.69, 9.17) is 24.9 Å². The molecule has 0 aliphatic carbocycles. The molecule has 12 heteroatoms. The van der Waals surface area contributed by atoms with Crippen LogP contribution in [0.25, 0.3) is 113 Å². The van der Waals surface area contributed by atoms with Gasteiger partial charge in [-0.3, -0.25) is 34.9 Å². The minimum Gasteiger partial charge on any atom is -0.265 e. The van der Waals surface area contributed by atoms with Crippen molar-refractivity contribution in [1.29, 1.82) is 0 Å². The van der Waals surface area contributed by atoms with Gasteiger partial charge in [0, 0.05) is 142 Å². The molecule has 0 saturated carbocycles. The van der Waals surface area contributed by atoms with Crippen LogP contribution in [0, 0.1) is 34.6 Å². The van der Waals surface area contributed by atoms with E-state index in [-0.39, 0.29) is 0 Å². The number of aryl methyl sites for hydroxylation is 5. The molecule has 12 heterocycles. The molecular formula is C83H68N12. The van der Waals surface area contributed by atoms with Crippen molar-refractivity contribution in [3.05, 3.63) is 351 Å². The molecule has 0 aliphatic heterocycles. The molecule has 0 spiro atoms. The molecule has 0 unspecified atom stereocenters. The van der Waals surface area contributed by atoms with Crippen molar-refractivity contribution in [1.82, 2.24) is 59.8 Å². The van der Waals surface area contributed by atoms with Crippen LogP contribution in [0.3, 0.4) is 0 Å². The first-order valence-electron chi connectivity index (χ1n) is 31.1. The van der Waals surface area contributed by atoms with Gasteiger partial charge < -0.3 is 0 Å². The lowest BCUT2D eigenvalue weighted by Gasteiger charge is -2.07. The lowest BCUT2D eigenvalue weighted by molar-refractivity contribution is 1.24. The maximum atomic E-state index is 4.77. The zero-order valence-corrected chi connectivity index (χ0v) is 53.5. The van der Waals surface area contributed by atoms with Crippen molar-refractivity contribution in [2.24, 2.45) is 0 Å². The van der Waals surface area contributed by atoms with Crippen LogP contribution in [-0.4, -0.2) is 59.8 Å². The number of hydrogen-bond acceptors (Lipinski definition) is 12. The quantitative estimate of drug-likeness (QED) is 0.128. The van der Waals surface area contributed by atoms with Crippen LogP contribution in [0.15, 0.2) is 323 Å². The summed E-state index contributed by atoms with van der Waals surface area (Å²) in [5, 5.41) is 0. The first-order valence-corrected chi connectivity index (χ1v) is 31.1. The van der Waals surface area contributed by atoms with E-state index in [9.17, 15) is 0 Å². The Hall–Kier alpha value is -12.5. The van der Waals surface area contributed by atoms with E-state index in [1.54, 1.807) is 68.2 Å². The molecule has 0 aliphatic rings. The number of benzene rings is 3. The van der Waals surface area contributed by atoms with Gasteiger partial charge in [0.1, 0.15) is 0 Å². The largest absolute Gasteiger partial charge is 0.265 e. The second-order valence-electron chi connectivity index (χ2n) is 22.3. The topological polar surface area (TPSA) is 155 Å². The van der Waals surface area contributed by atoms with Crippen molar-refractivity contribution >= 4 is 0 Å². The van der Waals surface area contributed by atoms with Crippen molar-refractivity contribution in [3.63, 3.8) is 0 Å². The van der Waals surface area contributed by atoms with E-state index >= 15 is 0 Å². The molecule has 0 bridgehead atoms. The van der Waals surface area contributed by atoms with Crippen LogP contribution < -0.4 is 0 Å².